The number of nitrogens with zero attached hydrogens (tertiary/aromatic N) is 2. The second kappa shape index (κ2) is 6.82. The molecule has 0 saturated carbocycles. The third-order valence-corrected chi connectivity index (χ3v) is 7.36. The summed E-state index contributed by atoms with van der Waals surface area (Å²) in [6, 6.07) is 13.7. The summed E-state index contributed by atoms with van der Waals surface area (Å²) in [4.78, 5) is 12.9. The lowest BCUT2D eigenvalue weighted by Crippen LogP contribution is -2.41. The molecule has 0 aliphatic carbocycles. The van der Waals surface area contributed by atoms with Crippen LogP contribution in [-0.4, -0.2) is 15.9 Å². The van der Waals surface area contributed by atoms with Gasteiger partial charge in [0.1, 0.15) is 18.3 Å². The van der Waals surface area contributed by atoms with Crippen LogP contribution in [0.4, 0.5) is 0 Å². The first-order valence-electron chi connectivity index (χ1n) is 7.74. The van der Waals surface area contributed by atoms with Gasteiger partial charge in [0.05, 0.1) is 10.8 Å². The fourth-order valence-corrected chi connectivity index (χ4v) is 5.85. The number of thioether (sulfide) groups is 2. The smallest absolute Gasteiger partial charge is 0.240 e. The lowest BCUT2D eigenvalue weighted by Gasteiger charge is -2.10. The molecule has 1 saturated heterocycles. The second-order valence-electron chi connectivity index (χ2n) is 5.65. The molecule has 0 amide bonds. The van der Waals surface area contributed by atoms with Crippen molar-refractivity contribution >= 4 is 40.8 Å². The van der Waals surface area contributed by atoms with Gasteiger partial charge < -0.3 is 0 Å². The number of hydrogen-bond donors (Lipinski definition) is 0. The van der Waals surface area contributed by atoms with E-state index in [-0.39, 0.29) is 10.1 Å². The molecule has 1 aromatic carbocycles. The van der Waals surface area contributed by atoms with Crippen LogP contribution in [0.15, 0.2) is 59.7 Å². The minimum atomic E-state index is 0.0878. The summed E-state index contributed by atoms with van der Waals surface area (Å²) in [7, 11) is 0. The number of rotatable bonds is 3. The maximum Gasteiger partial charge on any atom is 0.347 e. The van der Waals surface area contributed by atoms with Crippen molar-refractivity contribution in [3.63, 3.8) is 0 Å². The second-order valence-corrected chi connectivity index (χ2v) is 8.81. The molecule has 2 aromatic heterocycles. The van der Waals surface area contributed by atoms with Gasteiger partial charge in [-0.25, -0.2) is 9.36 Å². The van der Waals surface area contributed by atoms with Crippen LogP contribution in [0.1, 0.15) is 15.7 Å². The van der Waals surface area contributed by atoms with Gasteiger partial charge in [0.25, 0.3) is 5.65 Å². The molecule has 0 unspecified atom stereocenters. The molecular weight excluding hydrogens is 360 g/mol. The maximum atomic E-state index is 12.9. The molecule has 122 valence electrons. The Balaban J connectivity index is 1.85. The van der Waals surface area contributed by atoms with Crippen molar-refractivity contribution in [2.24, 2.45) is 0 Å². The quantitative estimate of drug-likeness (QED) is 0.651. The predicted molar refractivity (Wildman–Crippen MR) is 102 cm³/mol. The van der Waals surface area contributed by atoms with Crippen molar-refractivity contribution in [1.82, 2.24) is 4.40 Å². The van der Waals surface area contributed by atoms with Crippen molar-refractivity contribution in [1.29, 1.82) is 0 Å². The highest BCUT2D eigenvalue weighted by Crippen LogP contribution is 2.43. The summed E-state index contributed by atoms with van der Waals surface area (Å²) in [5.74, 6) is 2.20. The highest BCUT2D eigenvalue weighted by molar-refractivity contribution is 8.19. The summed E-state index contributed by atoms with van der Waals surface area (Å²) >= 11 is 9.69. The molecule has 1 aliphatic rings. The van der Waals surface area contributed by atoms with E-state index in [0.29, 0.717) is 6.54 Å². The Bertz CT molecular complexity index is 934. The number of fused-ring (bicyclic) bond motifs is 1. The third kappa shape index (κ3) is 3.08. The summed E-state index contributed by atoms with van der Waals surface area (Å²) < 4.78 is 4.13. The summed E-state index contributed by atoms with van der Waals surface area (Å²) in [6.07, 6.45) is 3.88. The van der Waals surface area contributed by atoms with Crippen LogP contribution in [0, 0.1) is 0 Å². The first-order chi connectivity index (χ1) is 11.7. The fourth-order valence-electron chi connectivity index (χ4n) is 2.88. The van der Waals surface area contributed by atoms with E-state index < -0.39 is 0 Å². The van der Waals surface area contributed by atoms with Gasteiger partial charge >= 0.3 is 5.56 Å². The largest absolute Gasteiger partial charge is 0.347 e. The molecule has 0 bridgehead atoms. The number of hydrogen-bond acceptors (Lipinski definition) is 3. The van der Waals surface area contributed by atoms with Gasteiger partial charge in [0.2, 0.25) is 0 Å². The van der Waals surface area contributed by atoms with Crippen molar-refractivity contribution in [3.05, 3.63) is 81.4 Å². The van der Waals surface area contributed by atoms with Crippen molar-refractivity contribution < 1.29 is 4.57 Å². The van der Waals surface area contributed by atoms with Crippen molar-refractivity contribution in [3.8, 4) is 0 Å². The van der Waals surface area contributed by atoms with Gasteiger partial charge in [0, 0.05) is 22.6 Å². The van der Waals surface area contributed by atoms with E-state index in [0.717, 1.165) is 33.3 Å². The van der Waals surface area contributed by atoms with E-state index >= 15 is 0 Å². The molecule has 3 aromatic rings. The molecular formula is C18H16ClN2OS2+. The topological polar surface area (TPSA) is 25.4 Å². The molecule has 4 rings (SSSR count). The van der Waals surface area contributed by atoms with E-state index in [1.807, 2.05) is 78.4 Å². The normalized spacial score (nSPS) is 15.2. The number of halogens is 1. The fraction of sp³-hybridized carbons (Fsp3) is 0.222. The van der Waals surface area contributed by atoms with Gasteiger partial charge in [-0.2, -0.15) is 4.40 Å². The Kier molecular flexibility index (Phi) is 4.57. The number of benzene rings is 1. The first-order valence-corrected chi connectivity index (χ1v) is 10.2. The van der Waals surface area contributed by atoms with Crippen LogP contribution < -0.4 is 10.1 Å². The molecule has 0 radical (unpaired) electrons. The molecule has 3 heterocycles. The zero-order valence-corrected chi connectivity index (χ0v) is 15.3. The summed E-state index contributed by atoms with van der Waals surface area (Å²) in [5, 5.41) is 0.734. The van der Waals surface area contributed by atoms with Crippen molar-refractivity contribution in [2.45, 2.75) is 11.1 Å². The zero-order valence-electron chi connectivity index (χ0n) is 12.9. The minimum Gasteiger partial charge on any atom is -0.240 e. The lowest BCUT2D eigenvalue weighted by atomic mass is 10.2. The molecule has 6 heteroatoms. The van der Waals surface area contributed by atoms with Crippen LogP contribution >= 0.6 is 35.1 Å². The molecule has 3 nitrogen and oxygen atoms in total. The molecule has 1 fully saturated rings. The van der Waals surface area contributed by atoms with Gasteiger partial charge in [-0.15, -0.1) is 23.5 Å². The van der Waals surface area contributed by atoms with E-state index in [1.165, 1.54) is 0 Å². The highest BCUT2D eigenvalue weighted by atomic mass is 35.5. The maximum absolute atomic E-state index is 12.9. The van der Waals surface area contributed by atoms with Crippen LogP contribution in [0.25, 0.3) is 5.65 Å². The third-order valence-electron chi connectivity index (χ3n) is 4.04. The van der Waals surface area contributed by atoms with Crippen molar-refractivity contribution in [2.75, 3.05) is 11.5 Å². The van der Waals surface area contributed by atoms with E-state index in [9.17, 15) is 4.79 Å². The summed E-state index contributed by atoms with van der Waals surface area (Å²) in [6.45, 7) is 0.708. The Morgan fingerprint density at radius 2 is 1.88 bits per heavy atom. The van der Waals surface area contributed by atoms with E-state index in [4.69, 9.17) is 11.6 Å². The molecule has 1 aliphatic heterocycles. The Labute approximate surface area is 153 Å². The molecule has 0 spiro atoms. The van der Waals surface area contributed by atoms with Gasteiger partial charge in [0.15, 0.2) is 0 Å². The Hall–Kier alpha value is -1.43. The average Bonchev–Trinajstić information content (AvgIpc) is 3.14. The average molecular weight is 376 g/mol. The standard InChI is InChI=1S/C18H16ClN2OS2/c19-14-6-4-13(5-7-14)11-20-12-15(18-23-9-10-24-18)17(22)21-8-2-1-3-16(20)21/h1-8,12,18H,9-11H2/q+1. The predicted octanol–water partition coefficient (Wildman–Crippen LogP) is 3.77. The highest BCUT2D eigenvalue weighted by Gasteiger charge is 2.26. The monoisotopic (exact) mass is 375 g/mol. The Morgan fingerprint density at radius 3 is 2.62 bits per heavy atom. The van der Waals surface area contributed by atoms with E-state index in [1.54, 1.807) is 4.40 Å². The SMILES string of the molecule is O=c1c(C2SCCS2)c[n+](Cc2ccc(Cl)cc2)c2ccccn12. The molecule has 0 atom stereocenters. The van der Waals surface area contributed by atoms with Gasteiger partial charge in [-0.1, -0.05) is 29.8 Å². The lowest BCUT2D eigenvalue weighted by molar-refractivity contribution is -0.666. The van der Waals surface area contributed by atoms with Crippen LogP contribution in [0.5, 0.6) is 0 Å². The number of aromatic nitrogens is 2. The zero-order chi connectivity index (χ0) is 16.5. The van der Waals surface area contributed by atoms with Crippen LogP contribution in [0.3, 0.4) is 0 Å². The Morgan fingerprint density at radius 1 is 1.12 bits per heavy atom. The number of pyridine rings is 1. The van der Waals surface area contributed by atoms with E-state index in [2.05, 4.69) is 4.57 Å². The summed E-state index contributed by atoms with van der Waals surface area (Å²) in [5.41, 5.74) is 3.02. The van der Waals surface area contributed by atoms with Gasteiger partial charge in [-0.3, -0.25) is 0 Å². The van der Waals surface area contributed by atoms with Crippen LogP contribution in [0.2, 0.25) is 5.02 Å². The first kappa shape index (κ1) is 16.1. The van der Waals surface area contributed by atoms with Gasteiger partial charge in [-0.05, 0) is 23.8 Å². The molecule has 24 heavy (non-hydrogen) atoms. The van der Waals surface area contributed by atoms with Crippen LogP contribution in [-0.2, 0) is 6.54 Å². The minimum absolute atomic E-state index is 0.0878. The molecule has 0 N–H and O–H groups in total.